The van der Waals surface area contributed by atoms with Gasteiger partial charge in [-0.2, -0.15) is 0 Å². The highest BCUT2D eigenvalue weighted by Crippen LogP contribution is 1.86. The SMILES string of the molecule is CCNC(=NCCCOCCOC)NCCNS(=O)(=O)CC. The van der Waals surface area contributed by atoms with E-state index in [1.165, 1.54) is 0 Å². The first-order valence-corrected chi connectivity index (χ1v) is 9.27. The van der Waals surface area contributed by atoms with Gasteiger partial charge in [-0.25, -0.2) is 13.1 Å². The molecule has 8 nitrogen and oxygen atoms in total. The number of methoxy groups -OCH3 is 1. The molecule has 0 aliphatic rings. The van der Waals surface area contributed by atoms with E-state index in [4.69, 9.17) is 9.47 Å². The Bertz CT molecular complexity index is 388. The van der Waals surface area contributed by atoms with Crippen LogP contribution >= 0.6 is 0 Å². The van der Waals surface area contributed by atoms with Crippen LogP contribution in [0.25, 0.3) is 0 Å². The van der Waals surface area contributed by atoms with Crippen molar-refractivity contribution in [3.8, 4) is 0 Å². The predicted molar refractivity (Wildman–Crippen MR) is 88.8 cm³/mol. The smallest absolute Gasteiger partial charge is 0.211 e. The van der Waals surface area contributed by atoms with Gasteiger partial charge in [-0.3, -0.25) is 4.99 Å². The molecule has 9 heteroatoms. The number of nitrogens with one attached hydrogen (secondary N) is 3. The molecule has 0 rings (SSSR count). The fraction of sp³-hybridized carbons (Fsp3) is 0.923. The van der Waals surface area contributed by atoms with Crippen LogP contribution in [0, 0.1) is 0 Å². The summed E-state index contributed by atoms with van der Waals surface area (Å²) < 4.78 is 35.3. The first kappa shape index (κ1) is 21.1. The maximum absolute atomic E-state index is 11.3. The quantitative estimate of drug-likeness (QED) is 0.239. The van der Waals surface area contributed by atoms with Gasteiger partial charge in [0, 0.05) is 39.9 Å². The third-order valence-corrected chi connectivity index (χ3v) is 4.02. The summed E-state index contributed by atoms with van der Waals surface area (Å²) in [5, 5.41) is 6.19. The van der Waals surface area contributed by atoms with Gasteiger partial charge in [0.05, 0.1) is 19.0 Å². The van der Waals surface area contributed by atoms with Crippen molar-refractivity contribution >= 4 is 16.0 Å². The summed E-state index contributed by atoms with van der Waals surface area (Å²) in [4.78, 5) is 4.39. The summed E-state index contributed by atoms with van der Waals surface area (Å²) >= 11 is 0. The number of sulfonamides is 1. The number of hydrogen-bond acceptors (Lipinski definition) is 5. The van der Waals surface area contributed by atoms with Gasteiger partial charge in [0.25, 0.3) is 0 Å². The number of aliphatic imine (C=N–C) groups is 1. The Hall–Kier alpha value is -0.900. The van der Waals surface area contributed by atoms with Crippen molar-refractivity contribution in [2.24, 2.45) is 4.99 Å². The maximum Gasteiger partial charge on any atom is 0.211 e. The highest BCUT2D eigenvalue weighted by molar-refractivity contribution is 7.89. The third-order valence-electron chi connectivity index (χ3n) is 2.61. The van der Waals surface area contributed by atoms with E-state index in [9.17, 15) is 8.42 Å². The van der Waals surface area contributed by atoms with Gasteiger partial charge >= 0.3 is 0 Å². The second-order valence-corrected chi connectivity index (χ2v) is 6.54. The average molecular weight is 338 g/mol. The third kappa shape index (κ3) is 12.8. The molecule has 0 heterocycles. The molecule has 0 aliphatic carbocycles. The Morgan fingerprint density at radius 2 is 1.86 bits per heavy atom. The Labute approximate surface area is 134 Å². The Kier molecular flexibility index (Phi) is 13.2. The van der Waals surface area contributed by atoms with Crippen molar-refractivity contribution in [3.05, 3.63) is 0 Å². The van der Waals surface area contributed by atoms with E-state index in [1.54, 1.807) is 14.0 Å². The number of guanidine groups is 1. The molecule has 22 heavy (non-hydrogen) atoms. The Morgan fingerprint density at radius 3 is 2.50 bits per heavy atom. The molecule has 0 bridgehead atoms. The van der Waals surface area contributed by atoms with Crippen LogP contribution in [0.15, 0.2) is 4.99 Å². The summed E-state index contributed by atoms with van der Waals surface area (Å²) in [6.45, 7) is 7.62. The molecule has 0 amide bonds. The van der Waals surface area contributed by atoms with E-state index in [1.807, 2.05) is 6.92 Å². The molecular formula is C13H30N4O4S. The lowest BCUT2D eigenvalue weighted by Gasteiger charge is -2.11. The van der Waals surface area contributed by atoms with Crippen LogP contribution in [0.5, 0.6) is 0 Å². The molecule has 0 fully saturated rings. The van der Waals surface area contributed by atoms with Crippen LogP contribution in [0.2, 0.25) is 0 Å². The highest BCUT2D eigenvalue weighted by Gasteiger charge is 2.04. The summed E-state index contributed by atoms with van der Waals surface area (Å²) in [6, 6.07) is 0. The van der Waals surface area contributed by atoms with Crippen molar-refractivity contribution in [2.75, 3.05) is 58.9 Å². The molecule has 0 aromatic carbocycles. The standard InChI is InChI=1S/C13H30N4O4S/c1-4-14-13(15-7-6-10-21-12-11-20-3)16-8-9-17-22(18,19)5-2/h17H,4-12H2,1-3H3,(H2,14,15,16). The molecule has 0 atom stereocenters. The topological polar surface area (TPSA) is 101 Å². The Morgan fingerprint density at radius 1 is 1.09 bits per heavy atom. The molecular weight excluding hydrogens is 308 g/mol. The van der Waals surface area contributed by atoms with Gasteiger partial charge in [-0.1, -0.05) is 0 Å². The first-order chi connectivity index (χ1) is 10.6. The van der Waals surface area contributed by atoms with Crippen LogP contribution in [0.3, 0.4) is 0 Å². The van der Waals surface area contributed by atoms with Crippen LogP contribution < -0.4 is 15.4 Å². The van der Waals surface area contributed by atoms with E-state index >= 15 is 0 Å². The second-order valence-electron chi connectivity index (χ2n) is 4.44. The van der Waals surface area contributed by atoms with Crippen molar-refractivity contribution in [2.45, 2.75) is 20.3 Å². The molecule has 132 valence electrons. The minimum absolute atomic E-state index is 0.0875. The van der Waals surface area contributed by atoms with E-state index < -0.39 is 10.0 Å². The van der Waals surface area contributed by atoms with Gasteiger partial charge in [-0.05, 0) is 20.3 Å². The van der Waals surface area contributed by atoms with E-state index in [-0.39, 0.29) is 5.75 Å². The van der Waals surface area contributed by atoms with Crippen molar-refractivity contribution in [1.82, 2.24) is 15.4 Å². The largest absolute Gasteiger partial charge is 0.382 e. The minimum atomic E-state index is -3.14. The first-order valence-electron chi connectivity index (χ1n) is 7.62. The molecule has 0 aromatic rings. The molecule has 0 unspecified atom stereocenters. The van der Waals surface area contributed by atoms with Gasteiger partial charge in [0.1, 0.15) is 0 Å². The molecule has 0 spiro atoms. The van der Waals surface area contributed by atoms with Gasteiger partial charge in [-0.15, -0.1) is 0 Å². The summed E-state index contributed by atoms with van der Waals surface area (Å²) in [5.41, 5.74) is 0. The zero-order valence-electron chi connectivity index (χ0n) is 13.9. The van der Waals surface area contributed by atoms with E-state index in [0.29, 0.717) is 45.4 Å². The van der Waals surface area contributed by atoms with Crippen LogP contribution in [-0.4, -0.2) is 73.2 Å². The predicted octanol–water partition coefficient (Wildman–Crippen LogP) is -0.466. The zero-order chi connectivity index (χ0) is 16.7. The van der Waals surface area contributed by atoms with E-state index in [2.05, 4.69) is 20.3 Å². The lowest BCUT2D eigenvalue weighted by molar-refractivity contribution is 0.0702. The van der Waals surface area contributed by atoms with Crippen LogP contribution in [0.4, 0.5) is 0 Å². The highest BCUT2D eigenvalue weighted by atomic mass is 32.2. The average Bonchev–Trinajstić information content (AvgIpc) is 2.50. The fourth-order valence-electron chi connectivity index (χ4n) is 1.43. The summed E-state index contributed by atoms with van der Waals surface area (Å²) in [5.74, 6) is 0.764. The van der Waals surface area contributed by atoms with Crippen molar-refractivity contribution in [3.63, 3.8) is 0 Å². The molecule has 0 saturated heterocycles. The normalized spacial score (nSPS) is 12.4. The second kappa shape index (κ2) is 13.7. The zero-order valence-corrected chi connectivity index (χ0v) is 14.7. The molecule has 0 aromatic heterocycles. The van der Waals surface area contributed by atoms with Crippen molar-refractivity contribution in [1.29, 1.82) is 0 Å². The minimum Gasteiger partial charge on any atom is -0.382 e. The maximum atomic E-state index is 11.3. The van der Waals surface area contributed by atoms with Crippen LogP contribution in [0.1, 0.15) is 20.3 Å². The lowest BCUT2D eigenvalue weighted by Crippen LogP contribution is -2.41. The fourth-order valence-corrected chi connectivity index (χ4v) is 2.05. The summed E-state index contributed by atoms with van der Waals surface area (Å²) in [7, 11) is -1.50. The van der Waals surface area contributed by atoms with E-state index in [0.717, 1.165) is 13.0 Å². The molecule has 3 N–H and O–H groups in total. The number of ether oxygens (including phenoxy) is 2. The molecule has 0 aliphatic heterocycles. The number of nitrogens with zero attached hydrogens (tertiary/aromatic N) is 1. The number of rotatable bonds is 13. The van der Waals surface area contributed by atoms with Gasteiger partial charge in [0.2, 0.25) is 10.0 Å². The van der Waals surface area contributed by atoms with Crippen molar-refractivity contribution < 1.29 is 17.9 Å². The monoisotopic (exact) mass is 338 g/mol. The lowest BCUT2D eigenvalue weighted by atomic mass is 10.4. The molecule has 0 radical (unpaired) electrons. The summed E-state index contributed by atoms with van der Waals surface area (Å²) in [6.07, 6.45) is 0.822. The molecule has 0 saturated carbocycles. The number of hydrogen-bond donors (Lipinski definition) is 3. The Balaban J connectivity index is 3.86. The van der Waals surface area contributed by atoms with Gasteiger partial charge in [0.15, 0.2) is 5.96 Å². The van der Waals surface area contributed by atoms with Gasteiger partial charge < -0.3 is 20.1 Å². The van der Waals surface area contributed by atoms with Crippen LogP contribution in [-0.2, 0) is 19.5 Å².